The molecule has 1 atom stereocenters. The quantitative estimate of drug-likeness (QED) is 0.657. The minimum absolute atomic E-state index is 0.180. The first-order valence-electron chi connectivity index (χ1n) is 6.67. The largest absolute Gasteiger partial charge is 0.480 e. The molecule has 0 fully saturated rings. The molecule has 0 bridgehead atoms. The number of amides is 1. The van der Waals surface area contributed by atoms with Crippen LogP contribution in [0.4, 0.5) is 0 Å². The van der Waals surface area contributed by atoms with Crippen molar-refractivity contribution in [3.63, 3.8) is 0 Å². The number of methoxy groups -OCH3 is 1. The van der Waals surface area contributed by atoms with Gasteiger partial charge in [-0.15, -0.1) is 0 Å². The van der Waals surface area contributed by atoms with Gasteiger partial charge in [0, 0.05) is 13.5 Å². The molecule has 2 N–H and O–H groups in total. The maximum Gasteiger partial charge on any atom is 0.326 e. The van der Waals surface area contributed by atoms with Crippen molar-refractivity contribution >= 4 is 11.9 Å². The van der Waals surface area contributed by atoms with Gasteiger partial charge in [0.15, 0.2) is 0 Å². The van der Waals surface area contributed by atoms with Gasteiger partial charge in [0.25, 0.3) is 0 Å². The molecular weight excluding hydrogens is 274 g/mol. The summed E-state index contributed by atoms with van der Waals surface area (Å²) in [5, 5.41) is 11.6. The fraction of sp³-hybridized carbons (Fsp3) is 0.467. The molecule has 0 spiro atoms. The highest BCUT2D eigenvalue weighted by Gasteiger charge is 2.20. The molecule has 0 aliphatic heterocycles. The molecule has 1 aromatic rings. The number of benzene rings is 1. The van der Waals surface area contributed by atoms with Gasteiger partial charge in [-0.05, 0) is 12.5 Å². The predicted molar refractivity (Wildman–Crippen MR) is 77.1 cm³/mol. The number of hydrogen-bond acceptors (Lipinski definition) is 4. The summed E-state index contributed by atoms with van der Waals surface area (Å²) >= 11 is 0. The van der Waals surface area contributed by atoms with E-state index in [4.69, 9.17) is 9.47 Å². The molecule has 1 rings (SSSR count). The fourth-order valence-corrected chi connectivity index (χ4v) is 1.82. The summed E-state index contributed by atoms with van der Waals surface area (Å²) in [7, 11) is 1.53. The first-order valence-corrected chi connectivity index (χ1v) is 6.67. The van der Waals surface area contributed by atoms with Crippen molar-refractivity contribution in [2.24, 2.45) is 0 Å². The van der Waals surface area contributed by atoms with Crippen LogP contribution in [-0.2, 0) is 25.5 Å². The lowest BCUT2D eigenvalue weighted by atomic mass is 10.0. The summed E-state index contributed by atoms with van der Waals surface area (Å²) in [6.07, 6.45) is 0.237. The van der Waals surface area contributed by atoms with Crippen molar-refractivity contribution in [3.8, 4) is 0 Å². The Hall–Kier alpha value is -1.92. The van der Waals surface area contributed by atoms with Gasteiger partial charge < -0.3 is 19.9 Å². The molecule has 0 radical (unpaired) electrons. The molecule has 1 aromatic carbocycles. The van der Waals surface area contributed by atoms with E-state index in [-0.39, 0.29) is 13.0 Å². The first kappa shape index (κ1) is 17.1. The number of ether oxygens (including phenoxy) is 2. The van der Waals surface area contributed by atoms with Crippen LogP contribution in [0.5, 0.6) is 0 Å². The summed E-state index contributed by atoms with van der Waals surface area (Å²) in [6, 6.07) is 6.56. The Labute approximate surface area is 124 Å². The van der Waals surface area contributed by atoms with Crippen LogP contribution in [0.2, 0.25) is 0 Å². The average molecular weight is 295 g/mol. The molecule has 0 aromatic heterocycles. The average Bonchev–Trinajstić information content (AvgIpc) is 2.43. The lowest BCUT2D eigenvalue weighted by Crippen LogP contribution is -2.44. The molecule has 0 aliphatic rings. The fourth-order valence-electron chi connectivity index (χ4n) is 1.82. The van der Waals surface area contributed by atoms with Gasteiger partial charge >= 0.3 is 5.97 Å². The summed E-state index contributed by atoms with van der Waals surface area (Å²) in [5.74, 6) is -1.52. The molecule has 6 nitrogen and oxygen atoms in total. The van der Waals surface area contributed by atoms with Crippen molar-refractivity contribution < 1.29 is 24.2 Å². The Morgan fingerprint density at radius 3 is 2.71 bits per heavy atom. The third-order valence-corrected chi connectivity index (χ3v) is 2.82. The zero-order chi connectivity index (χ0) is 15.7. The van der Waals surface area contributed by atoms with Gasteiger partial charge in [0.2, 0.25) is 5.91 Å². The number of carboxylic acids is 1. The molecule has 0 aliphatic carbocycles. The number of aliphatic carboxylic acids is 1. The van der Waals surface area contributed by atoms with E-state index in [1.165, 1.54) is 7.11 Å². The highest BCUT2D eigenvalue weighted by Crippen LogP contribution is 2.07. The third-order valence-electron chi connectivity index (χ3n) is 2.82. The van der Waals surface area contributed by atoms with Gasteiger partial charge in [-0.1, -0.05) is 29.8 Å². The number of carbonyl (C=O) groups is 2. The number of carbonyl (C=O) groups excluding carboxylic acids is 1. The molecule has 116 valence electrons. The smallest absolute Gasteiger partial charge is 0.326 e. The van der Waals surface area contributed by atoms with E-state index in [0.29, 0.717) is 13.2 Å². The number of hydrogen-bond donors (Lipinski definition) is 2. The SMILES string of the molecule is COCCOCC(=O)N[C@H](Cc1cccc(C)c1)C(=O)O. The van der Waals surface area contributed by atoms with Gasteiger partial charge in [0.1, 0.15) is 12.6 Å². The Bertz CT molecular complexity index is 475. The molecule has 0 saturated heterocycles. The second-order valence-electron chi connectivity index (χ2n) is 4.70. The Morgan fingerprint density at radius 2 is 2.10 bits per heavy atom. The molecule has 21 heavy (non-hydrogen) atoms. The van der Waals surface area contributed by atoms with Crippen molar-refractivity contribution in [3.05, 3.63) is 35.4 Å². The number of nitrogens with one attached hydrogen (secondary N) is 1. The van der Waals surface area contributed by atoms with Crippen molar-refractivity contribution in [2.45, 2.75) is 19.4 Å². The van der Waals surface area contributed by atoms with Crippen LogP contribution in [0.1, 0.15) is 11.1 Å². The van der Waals surface area contributed by atoms with Gasteiger partial charge in [-0.3, -0.25) is 4.79 Å². The second kappa shape index (κ2) is 9.10. The molecule has 1 amide bonds. The van der Waals surface area contributed by atoms with E-state index in [9.17, 15) is 14.7 Å². The van der Waals surface area contributed by atoms with Gasteiger partial charge in [-0.25, -0.2) is 4.79 Å². The van der Waals surface area contributed by atoms with Crippen LogP contribution in [-0.4, -0.2) is 50.0 Å². The molecule has 0 heterocycles. The topological polar surface area (TPSA) is 84.9 Å². The maximum absolute atomic E-state index is 11.6. The minimum Gasteiger partial charge on any atom is -0.480 e. The van der Waals surface area contributed by atoms with Crippen molar-refractivity contribution in [2.75, 3.05) is 26.9 Å². The lowest BCUT2D eigenvalue weighted by molar-refractivity contribution is -0.142. The Balaban J connectivity index is 2.50. The van der Waals surface area contributed by atoms with E-state index < -0.39 is 17.9 Å². The Morgan fingerprint density at radius 1 is 1.33 bits per heavy atom. The van der Waals surface area contributed by atoms with Gasteiger partial charge in [0.05, 0.1) is 13.2 Å². The summed E-state index contributed by atoms with van der Waals surface area (Å²) in [6.45, 7) is 2.43. The van der Waals surface area contributed by atoms with Crippen LogP contribution in [0, 0.1) is 6.92 Å². The zero-order valence-corrected chi connectivity index (χ0v) is 12.3. The van der Waals surface area contributed by atoms with Crippen LogP contribution >= 0.6 is 0 Å². The van der Waals surface area contributed by atoms with Crippen LogP contribution < -0.4 is 5.32 Å². The Kier molecular flexibility index (Phi) is 7.42. The maximum atomic E-state index is 11.6. The monoisotopic (exact) mass is 295 g/mol. The molecule has 6 heteroatoms. The number of rotatable bonds is 9. The van der Waals surface area contributed by atoms with E-state index in [1.807, 2.05) is 31.2 Å². The highest BCUT2D eigenvalue weighted by molar-refractivity contribution is 5.84. The first-order chi connectivity index (χ1) is 10.0. The zero-order valence-electron chi connectivity index (χ0n) is 12.3. The highest BCUT2D eigenvalue weighted by atomic mass is 16.5. The third kappa shape index (κ3) is 6.87. The van der Waals surface area contributed by atoms with E-state index in [1.54, 1.807) is 0 Å². The lowest BCUT2D eigenvalue weighted by Gasteiger charge is -2.15. The number of aryl methyl sites for hydroxylation is 1. The second-order valence-corrected chi connectivity index (χ2v) is 4.70. The van der Waals surface area contributed by atoms with E-state index in [2.05, 4.69) is 5.32 Å². The number of carboxylic acid groups (broad SMARTS) is 1. The minimum atomic E-state index is -1.07. The van der Waals surface area contributed by atoms with Gasteiger partial charge in [-0.2, -0.15) is 0 Å². The van der Waals surface area contributed by atoms with Crippen LogP contribution in [0.15, 0.2) is 24.3 Å². The molecule has 0 unspecified atom stereocenters. The summed E-state index contributed by atoms with van der Waals surface area (Å²) < 4.78 is 9.84. The standard InChI is InChI=1S/C15H21NO5/c1-11-4-3-5-12(8-11)9-13(15(18)19)16-14(17)10-21-7-6-20-2/h3-5,8,13H,6-7,9-10H2,1-2H3,(H,16,17)(H,18,19)/t13-/m1/s1. The van der Waals surface area contributed by atoms with E-state index in [0.717, 1.165) is 11.1 Å². The van der Waals surface area contributed by atoms with Crippen molar-refractivity contribution in [1.29, 1.82) is 0 Å². The normalized spacial score (nSPS) is 11.9. The molecule has 0 saturated carbocycles. The van der Waals surface area contributed by atoms with E-state index >= 15 is 0 Å². The summed E-state index contributed by atoms with van der Waals surface area (Å²) in [5.41, 5.74) is 1.91. The predicted octanol–water partition coefficient (Wildman–Crippen LogP) is 0.770. The van der Waals surface area contributed by atoms with Crippen LogP contribution in [0.3, 0.4) is 0 Å². The van der Waals surface area contributed by atoms with Crippen LogP contribution in [0.25, 0.3) is 0 Å². The summed E-state index contributed by atoms with van der Waals surface area (Å²) in [4.78, 5) is 22.9. The van der Waals surface area contributed by atoms with Crippen molar-refractivity contribution in [1.82, 2.24) is 5.32 Å². The molecular formula is C15H21NO5.